The highest BCUT2D eigenvalue weighted by atomic mass is 16.1. The Hall–Kier alpha value is -1.81. The number of piperidine rings is 1. The summed E-state index contributed by atoms with van der Waals surface area (Å²) in [5.41, 5.74) is 4.22. The molecule has 2 aromatic rings. The normalized spacial score (nSPS) is 18.9. The van der Waals surface area contributed by atoms with Crippen molar-refractivity contribution in [3.63, 3.8) is 0 Å². The topological polar surface area (TPSA) is 56.9 Å². The molecule has 1 atom stereocenters. The third kappa shape index (κ3) is 2.95. The Morgan fingerprint density at radius 3 is 3.00 bits per heavy atom. The first kappa shape index (κ1) is 14.1. The highest BCUT2D eigenvalue weighted by Crippen LogP contribution is 2.22. The second-order valence-corrected chi connectivity index (χ2v) is 6.06. The van der Waals surface area contributed by atoms with E-state index in [0.717, 1.165) is 41.8 Å². The average Bonchev–Trinajstić information content (AvgIpc) is 2.80. The minimum absolute atomic E-state index is 0.0285. The van der Waals surface area contributed by atoms with Crippen LogP contribution in [0.3, 0.4) is 0 Å². The molecule has 1 aliphatic heterocycles. The van der Waals surface area contributed by atoms with E-state index in [1.54, 1.807) is 0 Å². The molecule has 0 saturated carbocycles. The molecule has 1 aromatic heterocycles. The van der Waals surface area contributed by atoms with Crippen molar-refractivity contribution < 1.29 is 4.79 Å². The Bertz CT molecular complexity index is 653. The maximum Gasteiger partial charge on any atom is 0.251 e. The molecule has 0 aliphatic carbocycles. The van der Waals surface area contributed by atoms with Crippen LogP contribution in [0.15, 0.2) is 18.2 Å². The molecule has 21 heavy (non-hydrogen) atoms. The number of hydrogen-bond acceptors (Lipinski definition) is 2. The van der Waals surface area contributed by atoms with Crippen LogP contribution in [-0.4, -0.2) is 30.5 Å². The van der Waals surface area contributed by atoms with E-state index < -0.39 is 0 Å². The minimum atomic E-state index is 0.0285. The Kier molecular flexibility index (Phi) is 3.97. The second kappa shape index (κ2) is 5.90. The van der Waals surface area contributed by atoms with Crippen molar-refractivity contribution in [3.05, 3.63) is 35.0 Å². The van der Waals surface area contributed by atoms with Gasteiger partial charge in [-0.3, -0.25) is 4.79 Å². The largest absolute Gasteiger partial charge is 0.358 e. The van der Waals surface area contributed by atoms with Crippen molar-refractivity contribution >= 4 is 16.8 Å². The molecule has 0 spiro atoms. The van der Waals surface area contributed by atoms with Crippen LogP contribution in [0.25, 0.3) is 10.9 Å². The van der Waals surface area contributed by atoms with Gasteiger partial charge < -0.3 is 15.6 Å². The van der Waals surface area contributed by atoms with Crippen LogP contribution in [0.1, 0.15) is 34.5 Å². The van der Waals surface area contributed by atoms with Crippen molar-refractivity contribution in [1.29, 1.82) is 0 Å². The molecule has 0 radical (unpaired) electrons. The number of aryl methyl sites for hydroxylation is 2. The van der Waals surface area contributed by atoms with Gasteiger partial charge >= 0.3 is 0 Å². The lowest BCUT2D eigenvalue weighted by Gasteiger charge is -2.22. The minimum Gasteiger partial charge on any atom is -0.358 e. The van der Waals surface area contributed by atoms with Crippen molar-refractivity contribution in [2.75, 3.05) is 19.6 Å². The second-order valence-electron chi connectivity index (χ2n) is 6.06. The fourth-order valence-corrected chi connectivity index (χ4v) is 3.04. The van der Waals surface area contributed by atoms with Gasteiger partial charge in [0.05, 0.1) is 0 Å². The number of carbonyl (C=O) groups is 1. The van der Waals surface area contributed by atoms with E-state index >= 15 is 0 Å². The number of nitrogens with one attached hydrogen (secondary N) is 3. The average molecular weight is 285 g/mol. The lowest BCUT2D eigenvalue weighted by molar-refractivity contribution is 0.0945. The first-order valence-corrected chi connectivity index (χ1v) is 7.73. The Labute approximate surface area is 125 Å². The quantitative estimate of drug-likeness (QED) is 0.811. The van der Waals surface area contributed by atoms with Crippen molar-refractivity contribution in [2.45, 2.75) is 26.7 Å². The molecule has 1 aromatic carbocycles. The number of amides is 1. The SMILES string of the molecule is Cc1[nH]c2ccc(C(=O)NCC3CCCNC3)cc2c1C. The van der Waals surface area contributed by atoms with Gasteiger partial charge in [-0.2, -0.15) is 0 Å². The summed E-state index contributed by atoms with van der Waals surface area (Å²) in [4.78, 5) is 15.6. The summed E-state index contributed by atoms with van der Waals surface area (Å²) < 4.78 is 0. The molecule has 1 saturated heterocycles. The molecule has 1 unspecified atom stereocenters. The van der Waals surface area contributed by atoms with Gasteiger partial charge in [0.15, 0.2) is 0 Å². The number of fused-ring (bicyclic) bond motifs is 1. The van der Waals surface area contributed by atoms with Crippen LogP contribution < -0.4 is 10.6 Å². The number of benzene rings is 1. The Balaban J connectivity index is 1.70. The van der Waals surface area contributed by atoms with Crippen LogP contribution in [0, 0.1) is 19.8 Å². The molecule has 3 rings (SSSR count). The highest BCUT2D eigenvalue weighted by molar-refractivity contribution is 5.99. The van der Waals surface area contributed by atoms with Gasteiger partial charge in [0.2, 0.25) is 0 Å². The van der Waals surface area contributed by atoms with Gasteiger partial charge in [-0.15, -0.1) is 0 Å². The molecule has 3 N–H and O–H groups in total. The fourth-order valence-electron chi connectivity index (χ4n) is 3.04. The smallest absolute Gasteiger partial charge is 0.251 e. The van der Waals surface area contributed by atoms with Crippen LogP contribution in [0.4, 0.5) is 0 Å². The van der Waals surface area contributed by atoms with Crippen LogP contribution >= 0.6 is 0 Å². The number of aromatic nitrogens is 1. The summed E-state index contributed by atoms with van der Waals surface area (Å²) in [7, 11) is 0. The van der Waals surface area contributed by atoms with Gasteiger partial charge in [-0.25, -0.2) is 0 Å². The third-order valence-corrected chi connectivity index (χ3v) is 4.52. The Morgan fingerprint density at radius 1 is 1.38 bits per heavy atom. The molecule has 2 heterocycles. The summed E-state index contributed by atoms with van der Waals surface area (Å²) >= 11 is 0. The summed E-state index contributed by atoms with van der Waals surface area (Å²) in [5, 5.41) is 7.59. The van der Waals surface area contributed by atoms with Crippen molar-refractivity contribution in [3.8, 4) is 0 Å². The predicted molar refractivity (Wildman–Crippen MR) is 85.7 cm³/mol. The maximum absolute atomic E-state index is 12.3. The highest BCUT2D eigenvalue weighted by Gasteiger charge is 2.15. The standard InChI is InChI=1S/C17H23N3O/c1-11-12(2)20-16-6-5-14(8-15(11)16)17(21)19-10-13-4-3-7-18-9-13/h5-6,8,13,18,20H,3-4,7,9-10H2,1-2H3,(H,19,21). The van der Waals surface area contributed by atoms with E-state index in [0.29, 0.717) is 5.92 Å². The Morgan fingerprint density at radius 2 is 2.24 bits per heavy atom. The zero-order valence-electron chi connectivity index (χ0n) is 12.8. The lowest BCUT2D eigenvalue weighted by atomic mass is 9.99. The van der Waals surface area contributed by atoms with Gasteiger partial charge in [-0.1, -0.05) is 0 Å². The van der Waals surface area contributed by atoms with E-state index in [-0.39, 0.29) is 5.91 Å². The first-order valence-electron chi connectivity index (χ1n) is 7.73. The maximum atomic E-state index is 12.3. The van der Waals surface area contributed by atoms with E-state index in [1.807, 2.05) is 18.2 Å². The number of carbonyl (C=O) groups excluding carboxylic acids is 1. The van der Waals surface area contributed by atoms with Gasteiger partial charge in [0.1, 0.15) is 0 Å². The molecule has 1 fully saturated rings. The fraction of sp³-hybridized carbons (Fsp3) is 0.471. The summed E-state index contributed by atoms with van der Waals surface area (Å²) in [6, 6.07) is 5.88. The van der Waals surface area contributed by atoms with Gasteiger partial charge in [0.25, 0.3) is 5.91 Å². The molecule has 1 aliphatic rings. The van der Waals surface area contributed by atoms with E-state index in [4.69, 9.17) is 0 Å². The summed E-state index contributed by atoms with van der Waals surface area (Å²) in [6.45, 7) is 7.02. The lowest BCUT2D eigenvalue weighted by Crippen LogP contribution is -2.38. The molecule has 0 bridgehead atoms. The number of rotatable bonds is 3. The zero-order valence-corrected chi connectivity index (χ0v) is 12.8. The number of hydrogen-bond donors (Lipinski definition) is 3. The number of H-pyrrole nitrogens is 1. The van der Waals surface area contributed by atoms with E-state index in [1.165, 1.54) is 18.4 Å². The first-order chi connectivity index (χ1) is 10.1. The predicted octanol–water partition coefficient (Wildman–Crippen LogP) is 2.51. The molecule has 1 amide bonds. The van der Waals surface area contributed by atoms with Crippen molar-refractivity contribution in [2.24, 2.45) is 5.92 Å². The molecule has 112 valence electrons. The van der Waals surface area contributed by atoms with Crippen LogP contribution in [-0.2, 0) is 0 Å². The third-order valence-electron chi connectivity index (χ3n) is 4.52. The number of aromatic amines is 1. The van der Waals surface area contributed by atoms with Gasteiger partial charge in [-0.05, 0) is 69.5 Å². The molecular formula is C17H23N3O. The molecule has 4 heteroatoms. The monoisotopic (exact) mass is 285 g/mol. The summed E-state index contributed by atoms with van der Waals surface area (Å²) in [5.74, 6) is 0.586. The van der Waals surface area contributed by atoms with E-state index in [2.05, 4.69) is 29.5 Å². The molecular weight excluding hydrogens is 262 g/mol. The molecule has 4 nitrogen and oxygen atoms in total. The van der Waals surface area contributed by atoms with Gasteiger partial charge in [0, 0.05) is 28.7 Å². The summed E-state index contributed by atoms with van der Waals surface area (Å²) in [6.07, 6.45) is 2.40. The van der Waals surface area contributed by atoms with Crippen LogP contribution in [0.2, 0.25) is 0 Å². The zero-order chi connectivity index (χ0) is 14.8. The van der Waals surface area contributed by atoms with E-state index in [9.17, 15) is 4.79 Å². The van der Waals surface area contributed by atoms with Crippen LogP contribution in [0.5, 0.6) is 0 Å². The van der Waals surface area contributed by atoms with Crippen molar-refractivity contribution in [1.82, 2.24) is 15.6 Å².